The highest BCUT2D eigenvalue weighted by Crippen LogP contribution is 2.42. The highest BCUT2D eigenvalue weighted by molar-refractivity contribution is 6.06. The zero-order valence-corrected chi connectivity index (χ0v) is 18.4. The average Bonchev–Trinajstić information content (AvgIpc) is 3.42. The minimum atomic E-state index is -5.12. The van der Waals surface area contributed by atoms with E-state index in [1.165, 1.54) is 38.6 Å². The van der Waals surface area contributed by atoms with Crippen molar-refractivity contribution in [2.75, 3.05) is 27.4 Å². The van der Waals surface area contributed by atoms with Crippen LogP contribution in [0.4, 0.5) is 17.6 Å². The third-order valence-electron chi connectivity index (χ3n) is 5.32. The molecule has 8 nitrogen and oxygen atoms in total. The first-order chi connectivity index (χ1) is 16.1. The Balaban J connectivity index is 1.71. The number of carbonyl (C=O) groups excluding carboxylic acids is 2. The number of rotatable bonds is 8. The van der Waals surface area contributed by atoms with Crippen LogP contribution in [-0.2, 0) is 23.9 Å². The van der Waals surface area contributed by atoms with Gasteiger partial charge in [0.2, 0.25) is 0 Å². The van der Waals surface area contributed by atoms with Crippen molar-refractivity contribution >= 4 is 23.8 Å². The molecular formula is C22H23F4N3O5. The number of methoxy groups -OCH3 is 1. The third kappa shape index (κ3) is 5.44. The van der Waals surface area contributed by atoms with Gasteiger partial charge in [0, 0.05) is 32.0 Å². The van der Waals surface area contributed by atoms with Crippen LogP contribution in [0.2, 0.25) is 0 Å². The standard InChI is InChI=1S/C22H23F4N3O5/c1-27-12-13-7-15(9-16(23)8-13)18-11-21(34-29-18,22(24,25)26)20(31)28-17-4-3-14(10-17)19(30)33-6-5-32-2/h3-4,7-9,12,14,17H,5-6,10-11H2,1-2H3,(H,28,31)/t14-,17+,21-/m1/s1. The molecule has 3 rings (SSSR count). The maximum absolute atomic E-state index is 14.0. The van der Waals surface area contributed by atoms with E-state index in [9.17, 15) is 27.2 Å². The number of oxime groups is 1. The van der Waals surface area contributed by atoms with Crippen molar-refractivity contribution in [1.29, 1.82) is 0 Å². The monoisotopic (exact) mass is 485 g/mol. The van der Waals surface area contributed by atoms with Gasteiger partial charge in [-0.25, -0.2) is 4.39 Å². The summed E-state index contributed by atoms with van der Waals surface area (Å²) in [6.45, 7) is 0.238. The van der Waals surface area contributed by atoms with Crippen LogP contribution >= 0.6 is 0 Å². The van der Waals surface area contributed by atoms with Gasteiger partial charge in [-0.1, -0.05) is 17.3 Å². The van der Waals surface area contributed by atoms with Crippen LogP contribution in [0.3, 0.4) is 0 Å². The molecule has 0 saturated heterocycles. The quantitative estimate of drug-likeness (QED) is 0.201. The van der Waals surface area contributed by atoms with Gasteiger partial charge in [-0.3, -0.25) is 14.6 Å². The molecule has 0 bridgehead atoms. The van der Waals surface area contributed by atoms with Crippen molar-refractivity contribution in [2.45, 2.75) is 30.7 Å². The molecule has 1 aromatic carbocycles. The fourth-order valence-corrected chi connectivity index (χ4v) is 3.59. The molecule has 34 heavy (non-hydrogen) atoms. The van der Waals surface area contributed by atoms with Gasteiger partial charge in [0.15, 0.2) is 0 Å². The summed E-state index contributed by atoms with van der Waals surface area (Å²) in [6, 6.07) is 2.70. The van der Waals surface area contributed by atoms with E-state index in [1.807, 2.05) is 0 Å². The van der Waals surface area contributed by atoms with E-state index < -0.39 is 47.9 Å². The second-order valence-electron chi connectivity index (χ2n) is 7.76. The normalized spacial score (nSPS) is 24.2. The largest absolute Gasteiger partial charge is 0.463 e. The van der Waals surface area contributed by atoms with Gasteiger partial charge in [0.1, 0.15) is 12.4 Å². The summed E-state index contributed by atoms with van der Waals surface area (Å²) < 4.78 is 65.8. The number of aliphatic imine (C=N–C) groups is 1. The molecule has 0 radical (unpaired) electrons. The average molecular weight is 485 g/mol. The summed E-state index contributed by atoms with van der Waals surface area (Å²) in [6.07, 6.45) is -1.83. The number of hydrogen-bond donors (Lipinski definition) is 1. The Kier molecular flexibility index (Phi) is 7.70. The fourth-order valence-electron chi connectivity index (χ4n) is 3.59. The van der Waals surface area contributed by atoms with Crippen LogP contribution in [0.5, 0.6) is 0 Å². The predicted octanol–water partition coefficient (Wildman–Crippen LogP) is 2.55. The lowest BCUT2D eigenvalue weighted by molar-refractivity contribution is -0.259. The lowest BCUT2D eigenvalue weighted by atomic mass is 9.91. The Morgan fingerprint density at radius 2 is 2.06 bits per heavy atom. The molecule has 1 amide bonds. The maximum atomic E-state index is 14.0. The predicted molar refractivity (Wildman–Crippen MR) is 113 cm³/mol. The lowest BCUT2D eigenvalue weighted by Crippen LogP contribution is -2.58. The molecule has 0 aromatic heterocycles. The molecule has 12 heteroatoms. The van der Waals surface area contributed by atoms with Crippen molar-refractivity contribution in [3.8, 4) is 0 Å². The molecule has 1 heterocycles. The Labute approximate surface area is 192 Å². The molecule has 2 aliphatic rings. The van der Waals surface area contributed by atoms with Crippen LogP contribution in [0.1, 0.15) is 24.0 Å². The van der Waals surface area contributed by atoms with Gasteiger partial charge < -0.3 is 19.6 Å². The third-order valence-corrected chi connectivity index (χ3v) is 5.32. The van der Waals surface area contributed by atoms with Gasteiger partial charge in [-0.05, 0) is 30.2 Å². The minimum absolute atomic E-state index is 0.0306. The summed E-state index contributed by atoms with van der Waals surface area (Å²) in [4.78, 5) is 33.2. The van der Waals surface area contributed by atoms with E-state index in [0.717, 1.165) is 12.1 Å². The smallest absolute Gasteiger partial charge is 0.440 e. The topological polar surface area (TPSA) is 98.6 Å². The first-order valence-corrected chi connectivity index (χ1v) is 10.3. The number of ether oxygens (including phenoxy) is 2. The Morgan fingerprint density at radius 3 is 2.74 bits per heavy atom. The van der Waals surface area contributed by atoms with E-state index in [4.69, 9.17) is 9.47 Å². The summed E-state index contributed by atoms with van der Waals surface area (Å²) in [5.74, 6) is -3.46. The molecule has 0 spiro atoms. The SMILES string of the molecule is CN=Cc1cc(F)cc(C2=NO[C@](C(=O)N[C@H]3C=C[C@@H](C(=O)OCCOC)C3)(C(F)(F)F)C2)c1. The molecule has 1 aliphatic heterocycles. The highest BCUT2D eigenvalue weighted by Gasteiger charge is 2.66. The van der Waals surface area contributed by atoms with Crippen LogP contribution < -0.4 is 5.32 Å². The van der Waals surface area contributed by atoms with Crippen LogP contribution in [0.15, 0.2) is 40.5 Å². The summed E-state index contributed by atoms with van der Waals surface area (Å²) in [5.41, 5.74) is -3.18. The summed E-state index contributed by atoms with van der Waals surface area (Å²) in [5, 5.41) is 5.73. The van der Waals surface area contributed by atoms with Crippen LogP contribution in [0, 0.1) is 11.7 Å². The number of halogens is 4. The first kappa shape index (κ1) is 25.3. The summed E-state index contributed by atoms with van der Waals surface area (Å²) in [7, 11) is 2.90. The molecule has 0 fully saturated rings. The number of esters is 1. The van der Waals surface area contributed by atoms with E-state index in [0.29, 0.717) is 5.56 Å². The fraction of sp³-hybridized carbons (Fsp3) is 0.455. The zero-order chi connectivity index (χ0) is 24.9. The molecule has 1 N–H and O–H groups in total. The van der Waals surface area contributed by atoms with Gasteiger partial charge in [0.25, 0.3) is 5.91 Å². The number of nitrogens with one attached hydrogen (secondary N) is 1. The molecule has 0 unspecified atom stereocenters. The van der Waals surface area contributed by atoms with E-state index in [2.05, 4.69) is 20.3 Å². The van der Waals surface area contributed by atoms with E-state index >= 15 is 0 Å². The molecular weight excluding hydrogens is 462 g/mol. The van der Waals surface area contributed by atoms with E-state index in [-0.39, 0.29) is 30.9 Å². The van der Waals surface area contributed by atoms with Crippen molar-refractivity contribution in [2.24, 2.45) is 16.1 Å². The van der Waals surface area contributed by atoms with Crippen molar-refractivity contribution in [1.82, 2.24) is 5.32 Å². The van der Waals surface area contributed by atoms with E-state index in [1.54, 1.807) is 0 Å². The molecule has 184 valence electrons. The maximum Gasteiger partial charge on any atom is 0.440 e. The van der Waals surface area contributed by atoms with Crippen molar-refractivity contribution in [3.05, 3.63) is 47.3 Å². The second kappa shape index (κ2) is 10.3. The first-order valence-electron chi connectivity index (χ1n) is 10.3. The number of amides is 1. The minimum Gasteiger partial charge on any atom is -0.463 e. The number of hydrogen-bond acceptors (Lipinski definition) is 7. The van der Waals surface area contributed by atoms with Gasteiger partial charge in [-0.15, -0.1) is 0 Å². The molecule has 0 saturated carbocycles. The Hall–Kier alpha value is -3.28. The van der Waals surface area contributed by atoms with Gasteiger partial charge in [0.05, 0.1) is 24.7 Å². The molecule has 1 aromatic rings. The van der Waals surface area contributed by atoms with Crippen molar-refractivity contribution in [3.63, 3.8) is 0 Å². The number of carbonyl (C=O) groups is 2. The van der Waals surface area contributed by atoms with Crippen molar-refractivity contribution < 1.29 is 41.5 Å². The molecule has 3 atom stereocenters. The zero-order valence-electron chi connectivity index (χ0n) is 18.4. The lowest BCUT2D eigenvalue weighted by Gasteiger charge is -2.29. The Morgan fingerprint density at radius 1 is 1.29 bits per heavy atom. The number of alkyl halides is 3. The Bertz CT molecular complexity index is 1020. The van der Waals surface area contributed by atoms with Crippen LogP contribution in [0.25, 0.3) is 0 Å². The second-order valence-corrected chi connectivity index (χ2v) is 7.76. The number of nitrogens with zero attached hydrogens (tertiary/aromatic N) is 2. The number of benzene rings is 1. The summed E-state index contributed by atoms with van der Waals surface area (Å²) >= 11 is 0. The van der Waals surface area contributed by atoms with Crippen LogP contribution in [-0.4, -0.2) is 69.0 Å². The molecule has 1 aliphatic carbocycles. The van der Waals surface area contributed by atoms with Gasteiger partial charge in [-0.2, -0.15) is 13.2 Å². The van der Waals surface area contributed by atoms with Gasteiger partial charge >= 0.3 is 17.7 Å². The highest BCUT2D eigenvalue weighted by atomic mass is 19.4.